The molecule has 0 saturated carbocycles. The number of hydrogen-bond donors (Lipinski definition) is 2. The van der Waals surface area contributed by atoms with Crippen LogP contribution in [0, 0.1) is 5.82 Å². The third-order valence-corrected chi connectivity index (χ3v) is 6.30. The molecule has 3 rings (SSSR count). The van der Waals surface area contributed by atoms with Gasteiger partial charge in [0, 0.05) is 23.6 Å². The zero-order valence-electron chi connectivity index (χ0n) is 17.5. The number of nitrogens with zero attached hydrogens (tertiary/aromatic N) is 2. The maximum absolute atomic E-state index is 13.6. The summed E-state index contributed by atoms with van der Waals surface area (Å²) < 4.78 is 84.6. The van der Waals surface area contributed by atoms with Gasteiger partial charge in [0.1, 0.15) is 23.6 Å². The topological polar surface area (TPSA) is 95.7 Å². The smallest absolute Gasteiger partial charge is 0.395 e. The summed E-state index contributed by atoms with van der Waals surface area (Å²) in [6.45, 7) is 0.887. The standard InChI is InChI=1S/C20H21F4N3O4S/c1-10(20(22,23)24)13-9-14-15(18(28)25-2)16(11-5-7-12(21)8-6-11)31-19(14)26-17(13)27(3)32(4,29)30/h5-10,18,25,28H,1-4H3. The number of aliphatic hydroxyl groups is 1. The van der Waals surface area contributed by atoms with Crippen LogP contribution >= 0.6 is 0 Å². The highest BCUT2D eigenvalue weighted by atomic mass is 32.2. The predicted octanol–water partition coefficient (Wildman–Crippen LogP) is 3.91. The number of hydrogen-bond acceptors (Lipinski definition) is 6. The van der Waals surface area contributed by atoms with Crippen LogP contribution in [0.5, 0.6) is 0 Å². The predicted molar refractivity (Wildman–Crippen MR) is 111 cm³/mol. The number of furan rings is 1. The van der Waals surface area contributed by atoms with Crippen LogP contribution in [0.3, 0.4) is 0 Å². The van der Waals surface area contributed by atoms with E-state index in [1.165, 1.54) is 19.2 Å². The highest BCUT2D eigenvalue weighted by molar-refractivity contribution is 7.92. The fourth-order valence-electron chi connectivity index (χ4n) is 3.18. The SMILES string of the molecule is CNC(O)c1c(-c2ccc(F)cc2)oc2nc(N(C)S(C)(=O)=O)c(C(C)C(F)(F)F)cc12. The van der Waals surface area contributed by atoms with E-state index in [1.54, 1.807) is 0 Å². The maximum Gasteiger partial charge on any atom is 0.395 e. The van der Waals surface area contributed by atoms with Gasteiger partial charge in [0.2, 0.25) is 15.7 Å². The highest BCUT2D eigenvalue weighted by Crippen LogP contribution is 2.43. The lowest BCUT2D eigenvalue weighted by Crippen LogP contribution is -2.29. The van der Waals surface area contributed by atoms with Crippen molar-refractivity contribution in [3.63, 3.8) is 0 Å². The van der Waals surface area contributed by atoms with E-state index in [9.17, 15) is 31.1 Å². The summed E-state index contributed by atoms with van der Waals surface area (Å²) in [5.74, 6) is -2.98. The molecule has 7 nitrogen and oxygen atoms in total. The van der Waals surface area contributed by atoms with Crippen molar-refractivity contribution in [1.29, 1.82) is 0 Å². The van der Waals surface area contributed by atoms with Crippen LogP contribution in [0.15, 0.2) is 34.7 Å². The minimum atomic E-state index is -4.69. The van der Waals surface area contributed by atoms with Gasteiger partial charge in [0.25, 0.3) is 0 Å². The van der Waals surface area contributed by atoms with Gasteiger partial charge in [0.05, 0.1) is 17.7 Å². The van der Waals surface area contributed by atoms with E-state index in [2.05, 4.69) is 10.3 Å². The molecule has 174 valence electrons. The molecule has 0 aliphatic heterocycles. The van der Waals surface area contributed by atoms with Crippen LogP contribution in [-0.2, 0) is 10.0 Å². The number of aliphatic hydroxyl groups excluding tert-OH is 1. The molecular formula is C20H21F4N3O4S. The normalized spacial score (nSPS) is 14.5. The summed E-state index contributed by atoms with van der Waals surface area (Å²) in [4.78, 5) is 4.08. The number of fused-ring (bicyclic) bond motifs is 1. The van der Waals surface area contributed by atoms with E-state index in [1.807, 2.05) is 0 Å². The Labute approximate surface area is 181 Å². The molecule has 0 aliphatic carbocycles. The molecule has 0 saturated heterocycles. The third kappa shape index (κ3) is 4.43. The molecule has 2 heterocycles. The number of sulfonamides is 1. The molecule has 0 radical (unpaired) electrons. The second kappa shape index (κ2) is 8.34. The van der Waals surface area contributed by atoms with Crippen LogP contribution in [0.25, 0.3) is 22.4 Å². The largest absolute Gasteiger partial charge is 0.437 e. The average Bonchev–Trinajstić information content (AvgIpc) is 3.08. The van der Waals surface area contributed by atoms with Crippen molar-refractivity contribution < 1.29 is 35.5 Å². The Morgan fingerprint density at radius 1 is 1.22 bits per heavy atom. The molecule has 1 aromatic carbocycles. The highest BCUT2D eigenvalue weighted by Gasteiger charge is 2.40. The molecule has 12 heteroatoms. The zero-order valence-corrected chi connectivity index (χ0v) is 18.3. The van der Waals surface area contributed by atoms with Gasteiger partial charge in [-0.3, -0.25) is 9.62 Å². The van der Waals surface area contributed by atoms with Crippen molar-refractivity contribution >= 4 is 26.9 Å². The van der Waals surface area contributed by atoms with E-state index in [0.717, 1.165) is 38.4 Å². The van der Waals surface area contributed by atoms with E-state index in [0.29, 0.717) is 9.87 Å². The second-order valence-corrected chi connectivity index (χ2v) is 9.30. The van der Waals surface area contributed by atoms with Crippen molar-refractivity contribution in [1.82, 2.24) is 10.3 Å². The third-order valence-electron chi connectivity index (χ3n) is 5.14. The lowest BCUT2D eigenvalue weighted by molar-refractivity contribution is -0.146. The first-order valence-corrected chi connectivity index (χ1v) is 11.2. The van der Waals surface area contributed by atoms with Gasteiger partial charge >= 0.3 is 6.18 Å². The van der Waals surface area contributed by atoms with Gasteiger partial charge in [-0.2, -0.15) is 18.2 Å². The summed E-state index contributed by atoms with van der Waals surface area (Å²) >= 11 is 0. The van der Waals surface area contributed by atoms with E-state index >= 15 is 0 Å². The maximum atomic E-state index is 13.6. The summed E-state index contributed by atoms with van der Waals surface area (Å²) in [6.07, 6.45) is -5.21. The second-order valence-electron chi connectivity index (χ2n) is 7.29. The molecule has 3 aromatic rings. The number of aromatic nitrogens is 1. The first-order valence-electron chi connectivity index (χ1n) is 9.35. The van der Waals surface area contributed by atoms with Crippen molar-refractivity contribution in [2.75, 3.05) is 24.7 Å². The van der Waals surface area contributed by atoms with Gasteiger partial charge in [-0.15, -0.1) is 0 Å². The van der Waals surface area contributed by atoms with E-state index in [4.69, 9.17) is 4.42 Å². The minimum Gasteiger partial charge on any atom is -0.437 e. The fourth-order valence-corrected chi connectivity index (χ4v) is 3.64. The molecule has 0 bridgehead atoms. The fraction of sp³-hybridized carbons (Fsp3) is 0.350. The van der Waals surface area contributed by atoms with E-state index in [-0.39, 0.29) is 22.4 Å². The Hall–Kier alpha value is -2.70. The van der Waals surface area contributed by atoms with Crippen LogP contribution in [0.2, 0.25) is 0 Å². The number of halogens is 4. The summed E-state index contributed by atoms with van der Waals surface area (Å²) in [5, 5.41) is 13.2. The number of alkyl halides is 3. The molecule has 0 amide bonds. The monoisotopic (exact) mass is 475 g/mol. The van der Waals surface area contributed by atoms with Crippen LogP contribution in [0.1, 0.15) is 30.2 Å². The molecule has 0 aliphatic rings. The summed E-state index contributed by atoms with van der Waals surface area (Å²) in [5.41, 5.74) is -0.158. The molecule has 0 spiro atoms. The van der Waals surface area contributed by atoms with E-state index < -0.39 is 45.5 Å². The first-order chi connectivity index (χ1) is 14.8. The summed E-state index contributed by atoms with van der Waals surface area (Å²) in [6, 6.07) is 6.18. The summed E-state index contributed by atoms with van der Waals surface area (Å²) in [7, 11) is -1.44. The number of benzene rings is 1. The van der Waals surface area contributed by atoms with Crippen LogP contribution < -0.4 is 9.62 Å². The Balaban J connectivity index is 2.40. The minimum absolute atomic E-state index is 0.0547. The van der Waals surface area contributed by atoms with Gasteiger partial charge in [-0.05, 0) is 44.3 Å². The molecule has 2 atom stereocenters. The van der Waals surface area contributed by atoms with Gasteiger partial charge in [-0.25, -0.2) is 12.8 Å². The molecular weight excluding hydrogens is 454 g/mol. The molecule has 0 fully saturated rings. The number of pyridine rings is 1. The average molecular weight is 475 g/mol. The molecule has 2 aromatic heterocycles. The van der Waals surface area contributed by atoms with Crippen molar-refractivity contribution in [3.05, 3.63) is 47.3 Å². The quantitative estimate of drug-likeness (QED) is 0.415. The van der Waals surface area contributed by atoms with Crippen LogP contribution in [-0.4, -0.2) is 45.0 Å². The number of nitrogens with one attached hydrogen (secondary N) is 1. The molecule has 32 heavy (non-hydrogen) atoms. The van der Waals surface area contributed by atoms with Gasteiger partial charge in [0.15, 0.2) is 0 Å². The molecule has 2 unspecified atom stereocenters. The Morgan fingerprint density at radius 3 is 2.31 bits per heavy atom. The Kier molecular flexibility index (Phi) is 6.24. The number of anilines is 1. The first kappa shape index (κ1) is 24.0. The van der Waals surface area contributed by atoms with Crippen molar-refractivity contribution in [2.24, 2.45) is 0 Å². The van der Waals surface area contributed by atoms with Gasteiger partial charge < -0.3 is 9.52 Å². The Morgan fingerprint density at radius 2 is 1.81 bits per heavy atom. The van der Waals surface area contributed by atoms with Crippen molar-refractivity contribution in [2.45, 2.75) is 25.2 Å². The molecule has 2 N–H and O–H groups in total. The Bertz CT molecular complexity index is 1240. The van der Waals surface area contributed by atoms with Gasteiger partial charge in [-0.1, -0.05) is 0 Å². The van der Waals surface area contributed by atoms with Crippen LogP contribution in [0.4, 0.5) is 23.4 Å². The zero-order chi connectivity index (χ0) is 24.0. The lowest BCUT2D eigenvalue weighted by Gasteiger charge is -2.23. The lowest BCUT2D eigenvalue weighted by atomic mass is 9.98. The number of rotatable bonds is 6. The van der Waals surface area contributed by atoms with Crippen molar-refractivity contribution in [3.8, 4) is 11.3 Å².